The molecule has 0 spiro atoms. The molecule has 1 aromatic rings. The molecule has 0 aliphatic carbocycles. The molecule has 70 valence electrons. The van der Waals surface area contributed by atoms with Crippen molar-refractivity contribution in [3.63, 3.8) is 0 Å². The number of benzene rings is 1. The normalized spacial score (nSPS) is 10.4. The summed E-state index contributed by atoms with van der Waals surface area (Å²) in [7, 11) is -3.26. The predicted molar refractivity (Wildman–Crippen MR) is 43.9 cm³/mol. The van der Waals surface area contributed by atoms with Gasteiger partial charge in [-0.05, 0) is 17.7 Å². The van der Waals surface area contributed by atoms with Crippen LogP contribution in [0.15, 0.2) is 29.2 Å². The third-order valence-corrected chi connectivity index (χ3v) is 2.65. The molecule has 0 aliphatic heterocycles. The second-order valence-corrected chi connectivity index (χ2v) is 4.60. The molecule has 0 radical (unpaired) electrons. The van der Waals surface area contributed by atoms with E-state index in [1.54, 1.807) is 0 Å². The molecule has 1 rings (SSSR count). The van der Waals surface area contributed by atoms with Gasteiger partial charge in [-0.3, -0.25) is 0 Å². The van der Waals surface area contributed by atoms with Crippen molar-refractivity contribution >= 4 is 15.8 Å². The number of aromatic carboxylic acids is 1. The molecule has 14 heavy (non-hydrogen) atoms. The Morgan fingerprint density at radius 3 is 1.93 bits per heavy atom. The van der Waals surface area contributed by atoms with Crippen molar-refractivity contribution in [2.45, 2.75) is 4.90 Å². The maximum atomic E-state index is 11.0. The van der Waals surface area contributed by atoms with E-state index in [1.165, 1.54) is 24.3 Å². The van der Waals surface area contributed by atoms with E-state index in [1.807, 2.05) is 0 Å². The molecule has 6 heteroatoms. The van der Waals surface area contributed by atoms with E-state index in [9.17, 15) is 18.3 Å². The minimum Gasteiger partial charge on any atom is -0.545 e. The first kappa shape index (κ1) is 14.3. The molecular weight excluding hydrogens is 231 g/mol. The van der Waals surface area contributed by atoms with Crippen LogP contribution in [-0.4, -0.2) is 20.6 Å². The van der Waals surface area contributed by atoms with Crippen LogP contribution in [0.5, 0.6) is 0 Å². The Morgan fingerprint density at radius 2 is 1.64 bits per heavy atom. The third kappa shape index (κ3) is 3.80. The molecule has 0 bridgehead atoms. The van der Waals surface area contributed by atoms with Crippen LogP contribution in [0.2, 0.25) is 0 Å². The van der Waals surface area contributed by atoms with Crippen molar-refractivity contribution in [3.8, 4) is 0 Å². The monoisotopic (exact) mass is 238 g/mol. The Morgan fingerprint density at radius 1 is 1.21 bits per heavy atom. The van der Waals surface area contributed by atoms with Gasteiger partial charge in [0.2, 0.25) is 0 Å². The van der Waals surface area contributed by atoms with Crippen LogP contribution in [0.1, 0.15) is 10.4 Å². The molecule has 4 nitrogen and oxygen atoms in total. The summed E-state index contributed by atoms with van der Waals surface area (Å²) >= 11 is 0. The first-order valence-corrected chi connectivity index (χ1v) is 5.32. The van der Waals surface area contributed by atoms with Crippen LogP contribution in [0, 0.1) is 0 Å². The summed E-state index contributed by atoms with van der Waals surface area (Å²) in [6.07, 6.45) is 1.06. The fraction of sp³-hybridized carbons (Fsp3) is 0.125. The minimum absolute atomic E-state index is 0. The molecule has 0 atom stereocenters. The van der Waals surface area contributed by atoms with Crippen LogP contribution in [-0.2, 0) is 9.84 Å². The molecule has 0 amide bonds. The van der Waals surface area contributed by atoms with Crippen molar-refractivity contribution in [1.82, 2.24) is 0 Å². The molecule has 0 heterocycles. The number of hydrogen-bond donors (Lipinski definition) is 0. The molecule has 0 aliphatic rings. The van der Waals surface area contributed by atoms with Crippen molar-refractivity contribution in [2.24, 2.45) is 0 Å². The van der Waals surface area contributed by atoms with Gasteiger partial charge in [-0.15, -0.1) is 0 Å². The summed E-state index contributed by atoms with van der Waals surface area (Å²) in [5.74, 6) is -1.32. The molecule has 0 saturated carbocycles. The number of carboxylic acids is 1. The summed E-state index contributed by atoms with van der Waals surface area (Å²) < 4.78 is 21.9. The molecule has 0 saturated heterocycles. The molecule has 0 aromatic heterocycles. The number of sulfone groups is 1. The van der Waals surface area contributed by atoms with Crippen LogP contribution in [0.25, 0.3) is 0 Å². The minimum atomic E-state index is -3.26. The number of carbonyl (C=O) groups excluding carboxylic acids is 1. The average Bonchev–Trinajstić information content (AvgIpc) is 2.03. The van der Waals surface area contributed by atoms with Gasteiger partial charge in [0.15, 0.2) is 9.84 Å². The van der Waals surface area contributed by atoms with Crippen molar-refractivity contribution in [3.05, 3.63) is 29.8 Å². The topological polar surface area (TPSA) is 74.3 Å². The Hall–Kier alpha value is 0.276. The fourth-order valence-corrected chi connectivity index (χ4v) is 1.47. The van der Waals surface area contributed by atoms with Crippen LogP contribution >= 0.6 is 0 Å². The molecule has 0 N–H and O–H groups in total. The van der Waals surface area contributed by atoms with Gasteiger partial charge < -0.3 is 9.90 Å². The van der Waals surface area contributed by atoms with E-state index in [4.69, 9.17) is 0 Å². The van der Waals surface area contributed by atoms with E-state index in [0.29, 0.717) is 0 Å². The molecule has 0 fully saturated rings. The number of carbonyl (C=O) groups is 1. The Labute approximate surface area is 125 Å². The summed E-state index contributed by atoms with van der Waals surface area (Å²) in [4.78, 5) is 10.4. The third-order valence-electron chi connectivity index (χ3n) is 1.52. The Bertz CT molecular complexity index is 421. The first-order valence-electron chi connectivity index (χ1n) is 3.43. The van der Waals surface area contributed by atoms with Crippen LogP contribution < -0.4 is 56.5 Å². The zero-order valence-electron chi connectivity index (χ0n) is 7.85. The number of rotatable bonds is 2. The SMILES string of the molecule is CS(=O)(=O)c1ccc(C(=O)[O-])cc1.[K+]. The van der Waals surface area contributed by atoms with Crippen molar-refractivity contribution < 1.29 is 69.7 Å². The quantitative estimate of drug-likeness (QED) is 0.500. The number of hydrogen-bond acceptors (Lipinski definition) is 4. The molecule has 1 aromatic carbocycles. The largest absolute Gasteiger partial charge is 1.00 e. The van der Waals surface area contributed by atoms with Gasteiger partial charge in [0.25, 0.3) is 0 Å². The summed E-state index contributed by atoms with van der Waals surface area (Å²) in [5.41, 5.74) is -0.0348. The average molecular weight is 238 g/mol. The van der Waals surface area contributed by atoms with E-state index in [-0.39, 0.29) is 61.8 Å². The molecular formula is C8H7KO4S. The predicted octanol–water partition coefficient (Wildman–Crippen LogP) is -3.54. The van der Waals surface area contributed by atoms with Gasteiger partial charge in [0, 0.05) is 6.26 Å². The van der Waals surface area contributed by atoms with Gasteiger partial charge in [0.05, 0.1) is 10.9 Å². The first-order chi connectivity index (χ1) is 5.91. The second-order valence-electron chi connectivity index (χ2n) is 2.58. The number of carboxylic acid groups (broad SMARTS) is 1. The van der Waals surface area contributed by atoms with E-state index in [2.05, 4.69) is 0 Å². The zero-order valence-corrected chi connectivity index (χ0v) is 11.8. The van der Waals surface area contributed by atoms with E-state index < -0.39 is 15.8 Å². The molecule has 0 unspecified atom stereocenters. The summed E-state index contributed by atoms with van der Waals surface area (Å²) in [6, 6.07) is 4.87. The fourth-order valence-electron chi connectivity index (χ4n) is 0.838. The van der Waals surface area contributed by atoms with Crippen molar-refractivity contribution in [2.75, 3.05) is 6.26 Å². The standard InChI is InChI=1S/C8H8O4S.K/c1-13(11,12)7-4-2-6(3-5-7)8(9)10;/h2-5H,1H3,(H,9,10);/q;+1/p-1. The summed E-state index contributed by atoms with van der Waals surface area (Å²) in [6.45, 7) is 0. The Balaban J connectivity index is 0.00000169. The smallest absolute Gasteiger partial charge is 0.545 e. The maximum absolute atomic E-state index is 11.0. The van der Waals surface area contributed by atoms with Crippen LogP contribution in [0.3, 0.4) is 0 Å². The second kappa shape index (κ2) is 5.38. The Kier molecular flexibility index (Phi) is 5.49. The van der Waals surface area contributed by atoms with E-state index in [0.717, 1.165) is 6.26 Å². The van der Waals surface area contributed by atoms with E-state index >= 15 is 0 Å². The van der Waals surface area contributed by atoms with Crippen molar-refractivity contribution in [1.29, 1.82) is 0 Å². The van der Waals surface area contributed by atoms with Gasteiger partial charge in [-0.25, -0.2) is 8.42 Å². The zero-order chi connectivity index (χ0) is 10.1. The van der Waals surface area contributed by atoms with Crippen LogP contribution in [0.4, 0.5) is 0 Å². The summed E-state index contributed by atoms with van der Waals surface area (Å²) in [5, 5.41) is 10.3. The maximum Gasteiger partial charge on any atom is 1.00 e. The van der Waals surface area contributed by atoms with Gasteiger partial charge in [0.1, 0.15) is 0 Å². The van der Waals surface area contributed by atoms with Gasteiger partial charge >= 0.3 is 51.4 Å². The van der Waals surface area contributed by atoms with Gasteiger partial charge in [-0.1, -0.05) is 12.1 Å². The van der Waals surface area contributed by atoms with Gasteiger partial charge in [-0.2, -0.15) is 0 Å².